The summed E-state index contributed by atoms with van der Waals surface area (Å²) in [6, 6.07) is 22.8. The van der Waals surface area contributed by atoms with Gasteiger partial charge in [0.15, 0.2) is 5.78 Å². The monoisotopic (exact) mass is 407 g/mol. The number of benzene rings is 3. The first-order valence-electron chi connectivity index (χ1n) is 8.82. The lowest BCUT2D eigenvalue weighted by atomic mass is 10.0. The second kappa shape index (κ2) is 8.32. The Morgan fingerprint density at radius 2 is 1.62 bits per heavy atom. The molecular weight excluding hydrogens is 392 g/mol. The Morgan fingerprint density at radius 1 is 0.931 bits per heavy atom. The molecular formula is C23H15F2NO2S. The normalized spacial score (nSPS) is 11.8. The summed E-state index contributed by atoms with van der Waals surface area (Å²) < 4.78 is 30.1. The van der Waals surface area contributed by atoms with E-state index in [-0.39, 0.29) is 11.5 Å². The Kier molecular flexibility index (Phi) is 5.44. The maximum Gasteiger partial charge on any atom is 0.387 e. The van der Waals surface area contributed by atoms with Crippen molar-refractivity contribution in [3.63, 3.8) is 0 Å². The Balaban J connectivity index is 1.77. The van der Waals surface area contributed by atoms with E-state index in [4.69, 9.17) is 0 Å². The molecule has 6 heteroatoms. The van der Waals surface area contributed by atoms with Crippen LogP contribution >= 0.6 is 11.3 Å². The highest BCUT2D eigenvalue weighted by molar-refractivity contribution is 7.20. The zero-order valence-electron chi connectivity index (χ0n) is 15.1. The van der Waals surface area contributed by atoms with Gasteiger partial charge in [-0.3, -0.25) is 4.79 Å². The number of alkyl halides is 2. The quantitative estimate of drug-likeness (QED) is 0.277. The highest BCUT2D eigenvalue weighted by Crippen LogP contribution is 2.31. The van der Waals surface area contributed by atoms with Gasteiger partial charge < -0.3 is 4.74 Å². The van der Waals surface area contributed by atoms with E-state index in [1.807, 2.05) is 30.3 Å². The predicted molar refractivity (Wildman–Crippen MR) is 111 cm³/mol. The Morgan fingerprint density at radius 3 is 2.31 bits per heavy atom. The molecule has 0 saturated carbocycles. The molecule has 0 saturated heterocycles. The van der Waals surface area contributed by atoms with Gasteiger partial charge in [-0.05, 0) is 35.9 Å². The van der Waals surface area contributed by atoms with E-state index in [2.05, 4.69) is 9.72 Å². The number of allylic oxidation sites excluding steroid dienone is 1. The molecule has 4 rings (SSSR count). The second-order valence-corrected chi connectivity index (χ2v) is 7.22. The van der Waals surface area contributed by atoms with Crippen LogP contribution in [0.3, 0.4) is 0 Å². The van der Waals surface area contributed by atoms with E-state index < -0.39 is 6.61 Å². The lowest BCUT2D eigenvalue weighted by molar-refractivity contribution is -0.0498. The van der Waals surface area contributed by atoms with Gasteiger partial charge in [-0.15, -0.1) is 11.3 Å². The number of Topliss-reactive ketones (excluding diaryl/α,β-unsaturated/α-hetero) is 1. The van der Waals surface area contributed by atoms with Crippen molar-refractivity contribution in [1.82, 2.24) is 4.98 Å². The molecule has 3 aromatic carbocycles. The van der Waals surface area contributed by atoms with Crippen molar-refractivity contribution in [3.8, 4) is 5.75 Å². The van der Waals surface area contributed by atoms with Gasteiger partial charge in [0, 0.05) is 5.56 Å². The summed E-state index contributed by atoms with van der Waals surface area (Å²) in [5, 5.41) is 0.605. The summed E-state index contributed by atoms with van der Waals surface area (Å²) in [5.74, 6) is -0.0920. The fourth-order valence-corrected chi connectivity index (χ4v) is 3.85. The second-order valence-electron chi connectivity index (χ2n) is 6.19. The molecule has 0 unspecified atom stereocenters. The SMILES string of the molecule is O=C(C(=Cc1ccc(OC(F)F)cc1)c1nc2ccccc2s1)c1ccccc1. The van der Waals surface area contributed by atoms with Gasteiger partial charge in [-0.2, -0.15) is 8.78 Å². The molecule has 29 heavy (non-hydrogen) atoms. The average Bonchev–Trinajstić information content (AvgIpc) is 3.17. The first kappa shape index (κ1) is 19.0. The fraction of sp³-hybridized carbons (Fsp3) is 0.0435. The standard InChI is InChI=1S/C23H15F2NO2S/c24-23(25)28-17-12-10-15(11-13-17)14-18(21(27)16-6-2-1-3-7-16)22-26-19-8-4-5-9-20(19)29-22/h1-14,23H. The molecule has 0 amide bonds. The minimum absolute atomic E-state index is 0.0630. The number of carbonyl (C=O) groups is 1. The molecule has 1 aromatic heterocycles. The topological polar surface area (TPSA) is 39.2 Å². The Bertz CT molecular complexity index is 1140. The molecule has 0 spiro atoms. The molecule has 3 nitrogen and oxygen atoms in total. The third kappa shape index (κ3) is 4.38. The number of carbonyl (C=O) groups excluding carboxylic acids is 1. The van der Waals surface area contributed by atoms with Crippen molar-refractivity contribution < 1.29 is 18.3 Å². The van der Waals surface area contributed by atoms with Crippen LogP contribution in [-0.4, -0.2) is 17.4 Å². The van der Waals surface area contributed by atoms with Gasteiger partial charge >= 0.3 is 6.61 Å². The molecule has 0 aliphatic carbocycles. The molecule has 1 heterocycles. The van der Waals surface area contributed by atoms with Crippen molar-refractivity contribution in [3.05, 3.63) is 95.0 Å². The molecule has 0 atom stereocenters. The largest absolute Gasteiger partial charge is 0.435 e. The van der Waals surface area contributed by atoms with Crippen LogP contribution in [0.1, 0.15) is 20.9 Å². The van der Waals surface area contributed by atoms with E-state index >= 15 is 0 Å². The van der Waals surface area contributed by atoms with Crippen molar-refractivity contribution >= 4 is 39.0 Å². The zero-order valence-corrected chi connectivity index (χ0v) is 15.9. The number of para-hydroxylation sites is 1. The number of hydrogen-bond donors (Lipinski definition) is 0. The summed E-state index contributed by atoms with van der Waals surface area (Å²) in [6.07, 6.45) is 1.72. The molecule has 0 N–H and O–H groups in total. The summed E-state index contributed by atoms with van der Waals surface area (Å²) in [5.41, 5.74) is 2.50. The van der Waals surface area contributed by atoms with Gasteiger partial charge in [-0.1, -0.05) is 54.6 Å². The van der Waals surface area contributed by atoms with Crippen LogP contribution in [0.15, 0.2) is 78.9 Å². The number of ether oxygens (including phenoxy) is 1. The average molecular weight is 407 g/mol. The van der Waals surface area contributed by atoms with Crippen LogP contribution in [0.4, 0.5) is 8.78 Å². The summed E-state index contributed by atoms with van der Waals surface area (Å²) in [4.78, 5) is 17.8. The van der Waals surface area contributed by atoms with E-state index in [0.29, 0.717) is 21.7 Å². The maximum atomic E-state index is 13.2. The smallest absolute Gasteiger partial charge is 0.387 e. The number of hydrogen-bond acceptors (Lipinski definition) is 4. The zero-order chi connectivity index (χ0) is 20.2. The molecule has 0 bridgehead atoms. The lowest BCUT2D eigenvalue weighted by Gasteiger charge is -2.06. The summed E-state index contributed by atoms with van der Waals surface area (Å²) >= 11 is 1.44. The van der Waals surface area contributed by atoms with Gasteiger partial charge in [0.25, 0.3) is 0 Å². The number of rotatable bonds is 6. The van der Waals surface area contributed by atoms with E-state index in [1.165, 1.54) is 23.5 Å². The highest BCUT2D eigenvalue weighted by atomic mass is 32.1. The number of halogens is 2. The van der Waals surface area contributed by atoms with Crippen molar-refractivity contribution in [2.45, 2.75) is 6.61 Å². The Hall–Kier alpha value is -3.38. The number of thiazole rings is 1. The summed E-state index contributed by atoms with van der Waals surface area (Å²) in [7, 11) is 0. The molecule has 0 aliphatic rings. The molecule has 4 aromatic rings. The van der Waals surface area contributed by atoms with Gasteiger partial charge in [-0.25, -0.2) is 4.98 Å². The van der Waals surface area contributed by atoms with Crippen LogP contribution in [0, 0.1) is 0 Å². The molecule has 0 aliphatic heterocycles. The van der Waals surface area contributed by atoms with Crippen molar-refractivity contribution in [1.29, 1.82) is 0 Å². The molecule has 0 radical (unpaired) electrons. The number of ketones is 1. The van der Waals surface area contributed by atoms with Crippen LogP contribution < -0.4 is 4.74 Å². The number of aromatic nitrogens is 1. The van der Waals surface area contributed by atoms with Crippen LogP contribution in [0.5, 0.6) is 5.75 Å². The van der Waals surface area contributed by atoms with Crippen molar-refractivity contribution in [2.24, 2.45) is 0 Å². The van der Waals surface area contributed by atoms with Gasteiger partial charge in [0.2, 0.25) is 0 Å². The lowest BCUT2D eigenvalue weighted by Crippen LogP contribution is -2.03. The van der Waals surface area contributed by atoms with Gasteiger partial charge in [0.05, 0.1) is 15.8 Å². The van der Waals surface area contributed by atoms with Gasteiger partial charge in [0.1, 0.15) is 10.8 Å². The fourth-order valence-electron chi connectivity index (χ4n) is 2.87. The minimum Gasteiger partial charge on any atom is -0.435 e. The third-order valence-corrected chi connectivity index (χ3v) is 5.29. The predicted octanol–water partition coefficient (Wildman–Crippen LogP) is 6.32. The first-order valence-corrected chi connectivity index (χ1v) is 9.64. The van der Waals surface area contributed by atoms with E-state index in [1.54, 1.807) is 42.5 Å². The van der Waals surface area contributed by atoms with E-state index in [0.717, 1.165) is 10.2 Å². The highest BCUT2D eigenvalue weighted by Gasteiger charge is 2.18. The number of nitrogens with zero attached hydrogens (tertiary/aromatic N) is 1. The molecule has 144 valence electrons. The number of fused-ring (bicyclic) bond motifs is 1. The molecule has 0 fully saturated rings. The van der Waals surface area contributed by atoms with Crippen molar-refractivity contribution in [2.75, 3.05) is 0 Å². The van der Waals surface area contributed by atoms with Crippen LogP contribution in [0.2, 0.25) is 0 Å². The van der Waals surface area contributed by atoms with Crippen LogP contribution in [-0.2, 0) is 0 Å². The maximum absolute atomic E-state index is 13.2. The Labute approximate surface area is 169 Å². The third-order valence-electron chi connectivity index (χ3n) is 4.22. The summed E-state index contributed by atoms with van der Waals surface area (Å²) in [6.45, 7) is -2.88. The van der Waals surface area contributed by atoms with E-state index in [9.17, 15) is 13.6 Å². The first-order chi connectivity index (χ1) is 14.1. The minimum atomic E-state index is -2.88. The van der Waals surface area contributed by atoms with Crippen LogP contribution in [0.25, 0.3) is 21.9 Å².